The van der Waals surface area contributed by atoms with Crippen LogP contribution in [0.5, 0.6) is 0 Å². The van der Waals surface area contributed by atoms with Crippen molar-refractivity contribution >= 4 is 35.0 Å². The number of hydrogen-bond donors (Lipinski definition) is 3. The van der Waals surface area contributed by atoms with Crippen molar-refractivity contribution in [3.05, 3.63) is 35.8 Å². The Hall–Kier alpha value is -2.41. The largest absolute Gasteiger partial charge is 0.370 e. The normalized spacial score (nSPS) is 13.5. The van der Waals surface area contributed by atoms with E-state index in [0.717, 1.165) is 35.6 Å². The Morgan fingerprint density at radius 2 is 2.12 bits per heavy atom. The van der Waals surface area contributed by atoms with Crippen LogP contribution < -0.4 is 16.4 Å². The van der Waals surface area contributed by atoms with E-state index in [2.05, 4.69) is 25.6 Å². The fraction of sp³-hybridized carbons (Fsp3) is 0.375. The number of halogens is 1. The Morgan fingerprint density at radius 3 is 2.75 bits per heavy atom. The van der Waals surface area contributed by atoms with Gasteiger partial charge in [0.2, 0.25) is 11.9 Å². The Bertz CT molecular complexity index is 717. The minimum atomic E-state index is -0.340. The lowest BCUT2D eigenvalue weighted by atomic mass is 10.2. The van der Waals surface area contributed by atoms with E-state index in [4.69, 9.17) is 17.3 Å². The number of nitrogens with one attached hydrogen (secondary N) is 2. The maximum Gasteiger partial charge on any atom is 0.229 e. The predicted octanol–water partition coefficient (Wildman–Crippen LogP) is 2.52. The van der Waals surface area contributed by atoms with E-state index in [1.165, 1.54) is 0 Å². The lowest BCUT2D eigenvalue weighted by Gasteiger charge is -2.12. The summed E-state index contributed by atoms with van der Waals surface area (Å²) in [5.74, 6) is 1.76. The predicted molar refractivity (Wildman–Crippen MR) is 93.4 cm³/mol. The molecule has 0 bridgehead atoms. The smallest absolute Gasteiger partial charge is 0.229 e. The van der Waals surface area contributed by atoms with E-state index < -0.39 is 0 Å². The third-order valence-electron chi connectivity index (χ3n) is 3.72. The average molecular weight is 347 g/mol. The zero-order valence-corrected chi connectivity index (χ0v) is 13.9. The molecule has 24 heavy (non-hydrogen) atoms. The van der Waals surface area contributed by atoms with Gasteiger partial charge in [0.25, 0.3) is 0 Å². The zero-order chi connectivity index (χ0) is 16.9. The monoisotopic (exact) mass is 346 g/mol. The van der Waals surface area contributed by atoms with Crippen molar-refractivity contribution < 1.29 is 4.79 Å². The molecule has 1 aliphatic rings. The van der Waals surface area contributed by atoms with E-state index in [0.29, 0.717) is 24.3 Å². The van der Waals surface area contributed by atoms with Crippen molar-refractivity contribution in [2.45, 2.75) is 31.1 Å². The highest BCUT2D eigenvalue weighted by molar-refractivity contribution is 6.16. The number of pyridine rings is 1. The summed E-state index contributed by atoms with van der Waals surface area (Å²) in [7, 11) is 0. The summed E-state index contributed by atoms with van der Waals surface area (Å²) in [6.45, 7) is 0.456. The van der Waals surface area contributed by atoms with Crippen LogP contribution in [0.3, 0.4) is 0 Å². The summed E-state index contributed by atoms with van der Waals surface area (Å²) in [6, 6.07) is 3.73. The maximum atomic E-state index is 10.9. The molecular formula is C16H19ClN6O. The lowest BCUT2D eigenvalue weighted by molar-refractivity contribution is -0.117. The molecule has 0 aromatic carbocycles. The van der Waals surface area contributed by atoms with Crippen LogP contribution in [-0.4, -0.2) is 27.4 Å². The van der Waals surface area contributed by atoms with Crippen molar-refractivity contribution in [2.75, 3.05) is 17.2 Å². The van der Waals surface area contributed by atoms with Gasteiger partial charge in [-0.2, -0.15) is 4.98 Å². The molecule has 2 aromatic heterocycles. The van der Waals surface area contributed by atoms with Crippen LogP contribution in [-0.2, 0) is 10.7 Å². The molecule has 0 saturated heterocycles. The minimum absolute atomic E-state index is 0.265. The number of primary amides is 1. The van der Waals surface area contributed by atoms with Gasteiger partial charge < -0.3 is 16.4 Å². The average Bonchev–Trinajstić information content (AvgIpc) is 3.40. The maximum absolute atomic E-state index is 10.9. The molecular weight excluding hydrogens is 328 g/mol. The van der Waals surface area contributed by atoms with Gasteiger partial charge in [0, 0.05) is 24.7 Å². The molecule has 126 valence electrons. The number of anilines is 3. The van der Waals surface area contributed by atoms with Crippen LogP contribution in [0.15, 0.2) is 24.5 Å². The number of amides is 1. The first-order valence-electron chi connectivity index (χ1n) is 7.82. The number of alkyl halides is 1. The summed E-state index contributed by atoms with van der Waals surface area (Å²) in [5.41, 5.74) is 7.86. The number of aromatic nitrogens is 3. The van der Waals surface area contributed by atoms with Crippen molar-refractivity contribution in [1.29, 1.82) is 0 Å². The van der Waals surface area contributed by atoms with Crippen LogP contribution in [0.2, 0.25) is 0 Å². The summed E-state index contributed by atoms with van der Waals surface area (Å²) >= 11 is 5.74. The third kappa shape index (κ3) is 4.32. The first-order valence-corrected chi connectivity index (χ1v) is 8.36. The Kier molecular flexibility index (Phi) is 5.10. The second-order valence-electron chi connectivity index (χ2n) is 5.71. The van der Waals surface area contributed by atoms with Gasteiger partial charge in [-0.1, -0.05) is 0 Å². The van der Waals surface area contributed by atoms with E-state index in [1.807, 2.05) is 18.3 Å². The molecule has 0 spiro atoms. The van der Waals surface area contributed by atoms with E-state index in [1.54, 1.807) is 6.20 Å². The first-order chi connectivity index (χ1) is 11.7. The number of carbonyl (C=O) groups is 1. The molecule has 4 N–H and O–H groups in total. The van der Waals surface area contributed by atoms with E-state index in [-0.39, 0.29) is 12.3 Å². The molecule has 0 atom stereocenters. The topological polar surface area (TPSA) is 106 Å². The van der Waals surface area contributed by atoms with Gasteiger partial charge in [0.15, 0.2) is 0 Å². The quantitative estimate of drug-likeness (QED) is 0.634. The van der Waals surface area contributed by atoms with E-state index >= 15 is 0 Å². The standard InChI is InChI=1S/C16H19ClN6O/c17-7-11-3-4-12(8-20-11)22-16-21-9-13(10-1-2-10)15(23-16)19-6-5-14(18)24/h3-4,8-10H,1-2,5-7H2,(H2,18,24)(H2,19,21,22,23). The highest BCUT2D eigenvalue weighted by atomic mass is 35.5. The molecule has 7 nitrogen and oxygen atoms in total. The summed E-state index contributed by atoms with van der Waals surface area (Å²) in [5, 5.41) is 6.31. The molecule has 1 saturated carbocycles. The fourth-order valence-corrected chi connectivity index (χ4v) is 2.45. The van der Waals surface area contributed by atoms with Gasteiger partial charge in [0.05, 0.1) is 23.5 Å². The molecule has 3 rings (SSSR count). The van der Waals surface area contributed by atoms with Crippen molar-refractivity contribution in [2.24, 2.45) is 5.73 Å². The molecule has 2 aromatic rings. The van der Waals surface area contributed by atoms with Gasteiger partial charge in [-0.25, -0.2) is 4.98 Å². The number of carbonyl (C=O) groups excluding carboxylic acids is 1. The molecule has 1 aliphatic carbocycles. The molecule has 1 fully saturated rings. The number of rotatable bonds is 8. The second-order valence-corrected chi connectivity index (χ2v) is 5.98. The van der Waals surface area contributed by atoms with Gasteiger partial charge in [-0.3, -0.25) is 9.78 Å². The SMILES string of the molecule is NC(=O)CCNc1nc(Nc2ccc(CCl)nc2)ncc1C1CC1. The zero-order valence-electron chi connectivity index (χ0n) is 13.1. The summed E-state index contributed by atoms with van der Waals surface area (Å²) in [4.78, 5) is 24.0. The summed E-state index contributed by atoms with van der Waals surface area (Å²) in [6.07, 6.45) is 6.08. The minimum Gasteiger partial charge on any atom is -0.370 e. The van der Waals surface area contributed by atoms with Crippen LogP contribution in [0, 0.1) is 0 Å². The van der Waals surface area contributed by atoms with Gasteiger partial charge in [0.1, 0.15) is 5.82 Å². The third-order valence-corrected chi connectivity index (χ3v) is 3.99. The molecule has 8 heteroatoms. The summed E-state index contributed by atoms with van der Waals surface area (Å²) < 4.78 is 0. The molecule has 0 aliphatic heterocycles. The highest BCUT2D eigenvalue weighted by Gasteiger charge is 2.27. The fourth-order valence-electron chi connectivity index (χ4n) is 2.30. The van der Waals surface area contributed by atoms with Crippen molar-refractivity contribution in [1.82, 2.24) is 15.0 Å². The molecule has 2 heterocycles. The number of hydrogen-bond acceptors (Lipinski definition) is 6. The number of nitrogens with two attached hydrogens (primary N) is 1. The van der Waals surface area contributed by atoms with Crippen molar-refractivity contribution in [3.8, 4) is 0 Å². The van der Waals surface area contributed by atoms with Gasteiger partial charge in [-0.05, 0) is 30.9 Å². The Labute approximate surface area is 145 Å². The molecule has 0 radical (unpaired) electrons. The molecule has 0 unspecified atom stereocenters. The van der Waals surface area contributed by atoms with Crippen molar-refractivity contribution in [3.63, 3.8) is 0 Å². The Balaban J connectivity index is 1.73. The van der Waals surface area contributed by atoms with Crippen LogP contribution >= 0.6 is 11.6 Å². The highest BCUT2D eigenvalue weighted by Crippen LogP contribution is 2.42. The van der Waals surface area contributed by atoms with Crippen LogP contribution in [0.4, 0.5) is 17.5 Å². The lowest BCUT2D eigenvalue weighted by Crippen LogP contribution is -2.17. The van der Waals surface area contributed by atoms with Gasteiger partial charge >= 0.3 is 0 Å². The van der Waals surface area contributed by atoms with Crippen LogP contribution in [0.25, 0.3) is 0 Å². The van der Waals surface area contributed by atoms with Gasteiger partial charge in [-0.15, -0.1) is 11.6 Å². The van der Waals surface area contributed by atoms with Crippen LogP contribution in [0.1, 0.15) is 36.4 Å². The Morgan fingerprint density at radius 1 is 1.29 bits per heavy atom. The first kappa shape index (κ1) is 16.4. The number of nitrogens with zero attached hydrogens (tertiary/aromatic N) is 3. The second kappa shape index (κ2) is 7.44. The van der Waals surface area contributed by atoms with E-state index in [9.17, 15) is 4.79 Å². The molecule has 1 amide bonds.